The van der Waals surface area contributed by atoms with Gasteiger partial charge in [0.25, 0.3) is 0 Å². The number of carbonyl (C=O) groups excluding carboxylic acids is 1. The van der Waals surface area contributed by atoms with E-state index in [1.165, 1.54) is 12.1 Å². The number of nitrogens with one attached hydrogen (secondary N) is 1. The second-order valence-corrected chi connectivity index (χ2v) is 5.47. The first kappa shape index (κ1) is 15.4. The highest BCUT2D eigenvalue weighted by Crippen LogP contribution is 2.39. The van der Waals surface area contributed by atoms with E-state index in [0.29, 0.717) is 12.8 Å². The SMILES string of the molecule is O=C(CC1(C(=O)O)CCCCC1)Nc1cccc(F)c1F. The van der Waals surface area contributed by atoms with Crippen LogP contribution in [-0.2, 0) is 9.59 Å². The standard InChI is InChI=1S/C15H17F2NO3/c16-10-5-4-6-11(13(10)17)18-12(19)9-15(14(20)21)7-2-1-3-8-15/h4-6H,1-3,7-9H2,(H,18,19)(H,20,21). The Morgan fingerprint density at radius 3 is 2.48 bits per heavy atom. The van der Waals surface area contributed by atoms with Crippen LogP contribution in [0.15, 0.2) is 18.2 Å². The van der Waals surface area contributed by atoms with E-state index < -0.39 is 28.9 Å². The van der Waals surface area contributed by atoms with Gasteiger partial charge in [0.1, 0.15) is 0 Å². The molecule has 2 N–H and O–H groups in total. The van der Waals surface area contributed by atoms with Crippen molar-refractivity contribution in [3.63, 3.8) is 0 Å². The summed E-state index contributed by atoms with van der Waals surface area (Å²) < 4.78 is 26.6. The van der Waals surface area contributed by atoms with E-state index in [1.807, 2.05) is 0 Å². The molecule has 6 heteroatoms. The van der Waals surface area contributed by atoms with Gasteiger partial charge in [0.15, 0.2) is 11.6 Å². The van der Waals surface area contributed by atoms with E-state index in [4.69, 9.17) is 0 Å². The summed E-state index contributed by atoms with van der Waals surface area (Å²) in [6.45, 7) is 0. The first-order valence-electron chi connectivity index (χ1n) is 6.92. The van der Waals surface area contributed by atoms with E-state index in [0.717, 1.165) is 25.3 Å². The quantitative estimate of drug-likeness (QED) is 0.895. The molecular formula is C15H17F2NO3. The number of hydrogen-bond donors (Lipinski definition) is 2. The number of anilines is 1. The molecule has 0 atom stereocenters. The molecule has 1 saturated carbocycles. The largest absolute Gasteiger partial charge is 0.481 e. The van der Waals surface area contributed by atoms with Crippen LogP contribution in [0.4, 0.5) is 14.5 Å². The monoisotopic (exact) mass is 297 g/mol. The Balaban J connectivity index is 2.09. The van der Waals surface area contributed by atoms with Gasteiger partial charge in [0.2, 0.25) is 5.91 Å². The number of carboxylic acid groups (broad SMARTS) is 1. The first-order valence-corrected chi connectivity index (χ1v) is 6.92. The molecule has 1 aliphatic rings. The Labute approximate surface area is 121 Å². The number of aliphatic carboxylic acids is 1. The minimum atomic E-state index is -1.14. The first-order chi connectivity index (χ1) is 9.94. The molecule has 1 fully saturated rings. The molecule has 0 radical (unpaired) electrons. The van der Waals surface area contributed by atoms with E-state index in [2.05, 4.69) is 5.32 Å². The maximum Gasteiger partial charge on any atom is 0.310 e. The van der Waals surface area contributed by atoms with E-state index in [1.54, 1.807) is 0 Å². The third-order valence-electron chi connectivity index (χ3n) is 3.99. The van der Waals surface area contributed by atoms with Gasteiger partial charge in [-0.05, 0) is 25.0 Å². The Morgan fingerprint density at radius 1 is 1.19 bits per heavy atom. The Bertz CT molecular complexity index is 554. The normalized spacial score (nSPS) is 17.2. The van der Waals surface area contributed by atoms with Gasteiger partial charge in [-0.2, -0.15) is 0 Å². The predicted octanol–water partition coefficient (Wildman–Crippen LogP) is 3.33. The van der Waals surface area contributed by atoms with Gasteiger partial charge in [0, 0.05) is 6.42 Å². The highest BCUT2D eigenvalue weighted by Gasteiger charge is 2.41. The Morgan fingerprint density at radius 2 is 1.86 bits per heavy atom. The number of carboxylic acids is 1. The maximum atomic E-state index is 13.5. The van der Waals surface area contributed by atoms with Gasteiger partial charge >= 0.3 is 5.97 Å². The Hall–Kier alpha value is -1.98. The molecule has 0 spiro atoms. The molecule has 0 unspecified atom stereocenters. The summed E-state index contributed by atoms with van der Waals surface area (Å²) in [4.78, 5) is 23.5. The van der Waals surface area contributed by atoms with Gasteiger partial charge in [-0.1, -0.05) is 25.3 Å². The van der Waals surface area contributed by atoms with Crippen molar-refractivity contribution in [2.24, 2.45) is 5.41 Å². The fourth-order valence-corrected chi connectivity index (χ4v) is 2.80. The summed E-state index contributed by atoms with van der Waals surface area (Å²) >= 11 is 0. The van der Waals surface area contributed by atoms with Crippen molar-refractivity contribution in [3.05, 3.63) is 29.8 Å². The smallest absolute Gasteiger partial charge is 0.310 e. The van der Waals surface area contributed by atoms with Crippen molar-refractivity contribution in [2.45, 2.75) is 38.5 Å². The van der Waals surface area contributed by atoms with Crippen LogP contribution in [0, 0.1) is 17.0 Å². The fraction of sp³-hybridized carbons (Fsp3) is 0.467. The third-order valence-corrected chi connectivity index (χ3v) is 3.99. The van der Waals surface area contributed by atoms with Crippen LogP contribution in [0.2, 0.25) is 0 Å². The zero-order chi connectivity index (χ0) is 15.5. The highest BCUT2D eigenvalue weighted by atomic mass is 19.2. The number of amides is 1. The number of rotatable bonds is 4. The van der Waals surface area contributed by atoms with Crippen molar-refractivity contribution >= 4 is 17.6 Å². The maximum absolute atomic E-state index is 13.5. The highest BCUT2D eigenvalue weighted by molar-refractivity contribution is 5.94. The lowest BCUT2D eigenvalue weighted by molar-refractivity contribution is -0.153. The van der Waals surface area contributed by atoms with Gasteiger partial charge in [0.05, 0.1) is 11.1 Å². The molecule has 2 rings (SSSR count). The molecule has 1 aromatic carbocycles. The van der Waals surface area contributed by atoms with Gasteiger partial charge in [-0.15, -0.1) is 0 Å². The molecule has 114 valence electrons. The lowest BCUT2D eigenvalue weighted by Gasteiger charge is -2.32. The van der Waals surface area contributed by atoms with Crippen LogP contribution in [0.1, 0.15) is 38.5 Å². The second-order valence-electron chi connectivity index (χ2n) is 5.47. The summed E-state index contributed by atoms with van der Waals surface area (Å²) in [6, 6.07) is 3.47. The van der Waals surface area contributed by atoms with Gasteiger partial charge in [-0.25, -0.2) is 8.78 Å². The number of carbonyl (C=O) groups is 2. The van der Waals surface area contributed by atoms with Gasteiger partial charge < -0.3 is 10.4 Å². The minimum absolute atomic E-state index is 0.224. The van der Waals surface area contributed by atoms with Crippen molar-refractivity contribution < 1.29 is 23.5 Å². The topological polar surface area (TPSA) is 66.4 Å². The lowest BCUT2D eigenvalue weighted by Crippen LogP contribution is -2.37. The fourth-order valence-electron chi connectivity index (χ4n) is 2.80. The molecule has 0 heterocycles. The van der Waals surface area contributed by atoms with Crippen LogP contribution in [-0.4, -0.2) is 17.0 Å². The summed E-state index contributed by atoms with van der Waals surface area (Å²) in [6.07, 6.45) is 3.11. The second kappa shape index (κ2) is 6.20. The molecule has 1 aliphatic carbocycles. The molecule has 1 amide bonds. The summed E-state index contributed by atoms with van der Waals surface area (Å²) in [7, 11) is 0. The predicted molar refractivity (Wildman–Crippen MR) is 72.8 cm³/mol. The van der Waals surface area contributed by atoms with Crippen molar-refractivity contribution in [2.75, 3.05) is 5.32 Å². The van der Waals surface area contributed by atoms with Crippen molar-refractivity contribution in [1.82, 2.24) is 0 Å². The van der Waals surface area contributed by atoms with E-state index >= 15 is 0 Å². The van der Waals surface area contributed by atoms with Crippen LogP contribution >= 0.6 is 0 Å². The van der Waals surface area contributed by atoms with Crippen LogP contribution in [0.3, 0.4) is 0 Å². The van der Waals surface area contributed by atoms with Crippen molar-refractivity contribution in [1.29, 1.82) is 0 Å². The van der Waals surface area contributed by atoms with E-state index in [-0.39, 0.29) is 12.1 Å². The summed E-state index contributed by atoms with van der Waals surface area (Å²) in [5, 5.41) is 11.6. The molecule has 0 saturated heterocycles. The van der Waals surface area contributed by atoms with Crippen LogP contribution < -0.4 is 5.32 Å². The average molecular weight is 297 g/mol. The Kier molecular flexibility index (Phi) is 4.55. The molecule has 0 aromatic heterocycles. The molecule has 4 nitrogen and oxygen atoms in total. The van der Waals surface area contributed by atoms with Crippen LogP contribution in [0.5, 0.6) is 0 Å². The molecule has 0 aliphatic heterocycles. The third kappa shape index (κ3) is 3.37. The zero-order valence-electron chi connectivity index (χ0n) is 11.5. The number of benzene rings is 1. The average Bonchev–Trinajstić information content (AvgIpc) is 2.44. The van der Waals surface area contributed by atoms with E-state index in [9.17, 15) is 23.5 Å². The summed E-state index contributed by atoms with van der Waals surface area (Å²) in [5.41, 5.74) is -1.36. The molecule has 1 aromatic rings. The molecule has 21 heavy (non-hydrogen) atoms. The number of halogens is 2. The molecular weight excluding hydrogens is 280 g/mol. The minimum Gasteiger partial charge on any atom is -0.481 e. The molecule has 0 bridgehead atoms. The number of hydrogen-bond acceptors (Lipinski definition) is 2. The zero-order valence-corrected chi connectivity index (χ0v) is 11.5. The summed E-state index contributed by atoms with van der Waals surface area (Å²) in [5.74, 6) is -3.81. The van der Waals surface area contributed by atoms with Crippen LogP contribution in [0.25, 0.3) is 0 Å². The van der Waals surface area contributed by atoms with Gasteiger partial charge in [-0.3, -0.25) is 9.59 Å². The van der Waals surface area contributed by atoms with Crippen molar-refractivity contribution in [3.8, 4) is 0 Å². The lowest BCUT2D eigenvalue weighted by atomic mass is 9.71.